The quantitative estimate of drug-likeness (QED) is 0.508. The number of piperazine rings is 1. The summed E-state index contributed by atoms with van der Waals surface area (Å²) in [6, 6.07) is 10.4. The largest absolute Gasteiger partial charge is 0.345 e. The highest BCUT2D eigenvalue weighted by atomic mass is 35.5. The Balaban J connectivity index is 1.30. The number of amides is 1. The minimum atomic E-state index is -3.41. The summed E-state index contributed by atoms with van der Waals surface area (Å²) in [5.41, 5.74) is 3.47. The van der Waals surface area contributed by atoms with Gasteiger partial charge in [-0.05, 0) is 55.7 Å². The third-order valence-electron chi connectivity index (χ3n) is 5.81. The molecule has 1 aliphatic heterocycles. The molecule has 9 heteroatoms. The zero-order valence-electron chi connectivity index (χ0n) is 18.2. The molecular formula is C23H26ClN3O3S2. The van der Waals surface area contributed by atoms with Gasteiger partial charge in [-0.1, -0.05) is 35.1 Å². The number of rotatable bonds is 6. The maximum absolute atomic E-state index is 12.6. The fourth-order valence-corrected chi connectivity index (χ4v) is 6.46. The number of fused-ring (bicyclic) bond motifs is 1. The van der Waals surface area contributed by atoms with Crippen molar-refractivity contribution in [2.24, 2.45) is 0 Å². The summed E-state index contributed by atoms with van der Waals surface area (Å²) in [6.45, 7) is 6.88. The molecule has 1 saturated heterocycles. The third-order valence-corrected chi connectivity index (χ3v) is 9.13. The topological polar surface area (TPSA) is 70.6 Å². The Morgan fingerprint density at radius 1 is 1.03 bits per heavy atom. The second kappa shape index (κ2) is 9.37. The van der Waals surface area contributed by atoms with Crippen molar-refractivity contribution in [2.75, 3.05) is 36.8 Å². The third kappa shape index (κ3) is 4.92. The van der Waals surface area contributed by atoms with Crippen LogP contribution in [-0.2, 0) is 14.6 Å². The predicted octanol–water partition coefficient (Wildman–Crippen LogP) is 4.47. The molecule has 170 valence electrons. The molecule has 0 N–H and O–H groups in total. The van der Waals surface area contributed by atoms with Gasteiger partial charge in [-0.2, -0.15) is 0 Å². The normalized spacial score (nSPS) is 14.8. The van der Waals surface area contributed by atoms with Gasteiger partial charge in [-0.25, -0.2) is 13.4 Å². The first-order chi connectivity index (χ1) is 15.2. The van der Waals surface area contributed by atoms with Crippen LogP contribution in [-0.4, -0.2) is 56.1 Å². The second-order valence-electron chi connectivity index (χ2n) is 8.12. The Hall–Kier alpha value is -2.16. The lowest BCUT2D eigenvalue weighted by Crippen LogP contribution is -2.48. The van der Waals surface area contributed by atoms with Crippen LogP contribution in [0.1, 0.15) is 24.0 Å². The summed E-state index contributed by atoms with van der Waals surface area (Å²) in [4.78, 5) is 21.8. The molecule has 0 unspecified atom stereocenters. The second-order valence-corrected chi connectivity index (χ2v) is 11.6. The van der Waals surface area contributed by atoms with E-state index in [4.69, 9.17) is 16.6 Å². The van der Waals surface area contributed by atoms with Gasteiger partial charge in [0.05, 0.1) is 20.9 Å². The Morgan fingerprint density at radius 3 is 2.34 bits per heavy atom. The maximum Gasteiger partial charge on any atom is 0.222 e. The van der Waals surface area contributed by atoms with Gasteiger partial charge in [-0.3, -0.25) is 4.79 Å². The zero-order chi connectivity index (χ0) is 22.9. The van der Waals surface area contributed by atoms with Gasteiger partial charge in [0.2, 0.25) is 5.91 Å². The fourth-order valence-electron chi connectivity index (χ4n) is 3.86. The number of benzene rings is 2. The first-order valence-corrected chi connectivity index (χ1v) is 13.5. The summed E-state index contributed by atoms with van der Waals surface area (Å²) < 4.78 is 26.1. The van der Waals surface area contributed by atoms with Crippen LogP contribution in [0.3, 0.4) is 0 Å². The van der Waals surface area contributed by atoms with E-state index in [-0.39, 0.29) is 23.0 Å². The molecule has 0 saturated carbocycles. The number of aromatic nitrogens is 1. The number of sulfone groups is 1. The van der Waals surface area contributed by atoms with Crippen molar-refractivity contribution in [3.63, 3.8) is 0 Å². The van der Waals surface area contributed by atoms with E-state index in [0.29, 0.717) is 24.5 Å². The van der Waals surface area contributed by atoms with Crippen molar-refractivity contribution >= 4 is 54.0 Å². The van der Waals surface area contributed by atoms with Crippen LogP contribution < -0.4 is 4.90 Å². The Labute approximate surface area is 197 Å². The van der Waals surface area contributed by atoms with E-state index in [9.17, 15) is 13.2 Å². The van der Waals surface area contributed by atoms with E-state index in [1.807, 2.05) is 4.90 Å². The average Bonchev–Trinajstić information content (AvgIpc) is 3.23. The number of thiazole rings is 1. The number of carbonyl (C=O) groups excluding carboxylic acids is 1. The molecule has 1 amide bonds. The number of nitrogens with zero attached hydrogens (tertiary/aromatic N) is 3. The van der Waals surface area contributed by atoms with Crippen LogP contribution in [0.25, 0.3) is 10.2 Å². The Bertz CT molecular complexity index is 1190. The highest BCUT2D eigenvalue weighted by Crippen LogP contribution is 2.33. The monoisotopic (exact) mass is 491 g/mol. The zero-order valence-corrected chi connectivity index (χ0v) is 20.6. The van der Waals surface area contributed by atoms with Crippen LogP contribution in [0.15, 0.2) is 41.3 Å². The highest BCUT2D eigenvalue weighted by Gasteiger charge is 2.24. The van der Waals surface area contributed by atoms with Gasteiger partial charge >= 0.3 is 0 Å². The number of anilines is 1. The lowest BCUT2D eigenvalue weighted by atomic mass is 10.1. The van der Waals surface area contributed by atoms with Crippen molar-refractivity contribution in [2.45, 2.75) is 31.6 Å². The SMILES string of the molecule is Cc1ccc(C)c2sc(N3CCN(C(=O)CCCS(=O)(=O)c4ccc(Cl)cc4)CC3)nc12. The van der Waals surface area contributed by atoms with Crippen molar-refractivity contribution < 1.29 is 13.2 Å². The first-order valence-electron chi connectivity index (χ1n) is 10.6. The van der Waals surface area contributed by atoms with Crippen LogP contribution in [0.2, 0.25) is 5.02 Å². The molecule has 0 aliphatic carbocycles. The highest BCUT2D eigenvalue weighted by molar-refractivity contribution is 7.91. The van der Waals surface area contributed by atoms with Crippen molar-refractivity contribution in [3.05, 3.63) is 52.5 Å². The van der Waals surface area contributed by atoms with E-state index in [1.165, 1.54) is 28.0 Å². The van der Waals surface area contributed by atoms with Crippen LogP contribution in [0, 0.1) is 13.8 Å². The molecule has 2 aromatic carbocycles. The number of aryl methyl sites for hydroxylation is 2. The van der Waals surface area contributed by atoms with Gasteiger partial charge in [-0.15, -0.1) is 0 Å². The molecule has 6 nitrogen and oxygen atoms in total. The van der Waals surface area contributed by atoms with Crippen LogP contribution >= 0.6 is 22.9 Å². The van der Waals surface area contributed by atoms with Gasteiger partial charge < -0.3 is 9.80 Å². The minimum Gasteiger partial charge on any atom is -0.345 e. The smallest absolute Gasteiger partial charge is 0.222 e. The van der Waals surface area contributed by atoms with Gasteiger partial charge in [0.15, 0.2) is 15.0 Å². The number of hydrogen-bond acceptors (Lipinski definition) is 6. The minimum absolute atomic E-state index is 0.00643. The van der Waals surface area contributed by atoms with E-state index >= 15 is 0 Å². The van der Waals surface area contributed by atoms with E-state index < -0.39 is 9.84 Å². The van der Waals surface area contributed by atoms with Gasteiger partial charge in [0.25, 0.3) is 0 Å². The molecule has 0 radical (unpaired) electrons. The Morgan fingerprint density at radius 2 is 1.69 bits per heavy atom. The molecule has 0 bridgehead atoms. The van der Waals surface area contributed by atoms with Crippen molar-refractivity contribution in [1.29, 1.82) is 0 Å². The standard InChI is InChI=1S/C23H26ClN3O3S2/c1-16-5-6-17(2)22-21(16)25-23(31-22)27-13-11-26(12-14-27)20(28)4-3-15-32(29,30)19-9-7-18(24)8-10-19/h5-10H,3-4,11-15H2,1-2H3. The fraction of sp³-hybridized carbons (Fsp3) is 0.391. The molecule has 1 aromatic heterocycles. The van der Waals surface area contributed by atoms with Crippen LogP contribution in [0.5, 0.6) is 0 Å². The molecule has 0 atom stereocenters. The van der Waals surface area contributed by atoms with Crippen molar-refractivity contribution in [3.8, 4) is 0 Å². The summed E-state index contributed by atoms with van der Waals surface area (Å²) in [7, 11) is -3.41. The molecule has 4 rings (SSSR count). The molecule has 1 fully saturated rings. The molecule has 1 aliphatic rings. The molecule has 32 heavy (non-hydrogen) atoms. The molecule has 0 spiro atoms. The molecule has 3 aromatic rings. The number of halogens is 1. The van der Waals surface area contributed by atoms with E-state index in [1.54, 1.807) is 23.5 Å². The predicted molar refractivity (Wildman–Crippen MR) is 131 cm³/mol. The van der Waals surface area contributed by atoms with Crippen LogP contribution in [0.4, 0.5) is 5.13 Å². The Kier molecular flexibility index (Phi) is 6.74. The first kappa shape index (κ1) is 23.0. The summed E-state index contributed by atoms with van der Waals surface area (Å²) in [6.07, 6.45) is 0.535. The number of hydrogen-bond donors (Lipinski definition) is 0. The molecular weight excluding hydrogens is 466 g/mol. The van der Waals surface area contributed by atoms with Crippen molar-refractivity contribution in [1.82, 2.24) is 9.88 Å². The van der Waals surface area contributed by atoms with Gasteiger partial charge in [0, 0.05) is 37.6 Å². The van der Waals surface area contributed by atoms with E-state index in [0.717, 1.165) is 23.7 Å². The molecule has 2 heterocycles. The average molecular weight is 492 g/mol. The summed E-state index contributed by atoms with van der Waals surface area (Å²) in [5, 5.41) is 1.49. The summed E-state index contributed by atoms with van der Waals surface area (Å²) in [5.74, 6) is -0.0444. The summed E-state index contributed by atoms with van der Waals surface area (Å²) >= 11 is 7.53. The lowest BCUT2D eigenvalue weighted by Gasteiger charge is -2.34. The lowest BCUT2D eigenvalue weighted by molar-refractivity contribution is -0.131. The van der Waals surface area contributed by atoms with Gasteiger partial charge in [0.1, 0.15) is 0 Å². The number of carbonyl (C=O) groups is 1. The maximum atomic E-state index is 12.6. The van der Waals surface area contributed by atoms with E-state index in [2.05, 4.69) is 30.9 Å².